The van der Waals surface area contributed by atoms with Gasteiger partial charge >= 0.3 is 5.97 Å². The number of hydrogen-bond donors (Lipinski definition) is 2. The highest BCUT2D eigenvalue weighted by Gasteiger charge is 2.31. The van der Waals surface area contributed by atoms with Crippen molar-refractivity contribution in [3.8, 4) is 0 Å². The van der Waals surface area contributed by atoms with Gasteiger partial charge < -0.3 is 25.8 Å². The number of amides is 1. The summed E-state index contributed by atoms with van der Waals surface area (Å²) in [5, 5.41) is 0. The zero-order valence-electron chi connectivity index (χ0n) is 11.0. The van der Waals surface area contributed by atoms with Crippen LogP contribution in [-0.2, 0) is 14.3 Å². The number of anilines is 2. The van der Waals surface area contributed by atoms with E-state index in [1.807, 2.05) is 0 Å². The smallest absolute Gasteiger partial charge is 0.341 e. The number of methoxy groups -OCH3 is 1. The van der Waals surface area contributed by atoms with E-state index in [2.05, 4.69) is 4.98 Å². The number of esters is 1. The molecule has 2 heterocycles. The predicted octanol–water partition coefficient (Wildman–Crippen LogP) is -0.859. The lowest BCUT2D eigenvalue weighted by molar-refractivity contribution is -0.121. The Hall–Kier alpha value is -2.35. The lowest BCUT2D eigenvalue weighted by Crippen LogP contribution is -2.53. The topological polar surface area (TPSA) is 121 Å². The Morgan fingerprint density at radius 3 is 2.95 bits per heavy atom. The first-order chi connectivity index (χ1) is 9.54. The Labute approximate surface area is 115 Å². The molecule has 8 heteroatoms. The number of rotatable bonds is 3. The lowest BCUT2D eigenvalue weighted by Gasteiger charge is -2.35. The number of nitrogens with zero attached hydrogens (tertiary/aromatic N) is 2. The molecule has 0 saturated carbocycles. The normalized spacial score (nSPS) is 18.6. The van der Waals surface area contributed by atoms with Gasteiger partial charge in [-0.05, 0) is 6.07 Å². The Morgan fingerprint density at radius 1 is 1.55 bits per heavy atom. The number of nitrogens with two attached hydrogens (primary N) is 2. The van der Waals surface area contributed by atoms with Gasteiger partial charge in [0, 0.05) is 6.54 Å². The minimum absolute atomic E-state index is 0.155. The molecule has 0 spiro atoms. The number of ether oxygens (including phenoxy) is 2. The molecule has 1 atom stereocenters. The molecule has 1 unspecified atom stereocenters. The average Bonchev–Trinajstić information content (AvgIpc) is 2.46. The number of aromatic nitrogens is 1. The van der Waals surface area contributed by atoms with Gasteiger partial charge in [0.2, 0.25) is 5.91 Å². The van der Waals surface area contributed by atoms with Gasteiger partial charge in [0.15, 0.2) is 0 Å². The first-order valence-electron chi connectivity index (χ1n) is 6.02. The number of hydrogen-bond acceptors (Lipinski definition) is 7. The third kappa shape index (κ3) is 2.64. The quantitative estimate of drug-likeness (QED) is 0.691. The molecule has 1 saturated heterocycles. The summed E-state index contributed by atoms with van der Waals surface area (Å²) in [5.41, 5.74) is 11.5. The summed E-state index contributed by atoms with van der Waals surface area (Å²) < 4.78 is 9.94. The maximum atomic E-state index is 11.8. The number of pyridine rings is 1. The molecule has 1 amide bonds. The SMILES string of the molecule is COC(=O)c1cc(N)cnc1N1CCOCC1C(N)=O. The van der Waals surface area contributed by atoms with E-state index in [1.165, 1.54) is 19.4 Å². The summed E-state index contributed by atoms with van der Waals surface area (Å²) in [7, 11) is 1.26. The van der Waals surface area contributed by atoms with E-state index in [4.69, 9.17) is 20.9 Å². The van der Waals surface area contributed by atoms with Crippen LogP contribution in [-0.4, -0.2) is 49.8 Å². The summed E-state index contributed by atoms with van der Waals surface area (Å²) in [6.07, 6.45) is 1.41. The third-order valence-corrected chi connectivity index (χ3v) is 3.02. The van der Waals surface area contributed by atoms with Crippen LogP contribution in [0.25, 0.3) is 0 Å². The van der Waals surface area contributed by atoms with Crippen molar-refractivity contribution >= 4 is 23.4 Å². The van der Waals surface area contributed by atoms with Crippen LogP contribution in [0, 0.1) is 0 Å². The molecule has 0 aromatic carbocycles. The highest BCUT2D eigenvalue weighted by atomic mass is 16.5. The first kappa shape index (κ1) is 14.1. The maximum absolute atomic E-state index is 11.8. The van der Waals surface area contributed by atoms with E-state index in [-0.39, 0.29) is 12.2 Å². The second kappa shape index (κ2) is 5.74. The zero-order valence-corrected chi connectivity index (χ0v) is 11.0. The van der Waals surface area contributed by atoms with Crippen LogP contribution in [0.4, 0.5) is 11.5 Å². The molecule has 1 fully saturated rings. The van der Waals surface area contributed by atoms with Crippen LogP contribution in [0.15, 0.2) is 12.3 Å². The minimum Gasteiger partial charge on any atom is -0.465 e. The summed E-state index contributed by atoms with van der Waals surface area (Å²) in [4.78, 5) is 29.1. The monoisotopic (exact) mass is 280 g/mol. The van der Waals surface area contributed by atoms with Crippen molar-refractivity contribution < 1.29 is 19.1 Å². The highest BCUT2D eigenvalue weighted by Crippen LogP contribution is 2.24. The Morgan fingerprint density at radius 2 is 2.30 bits per heavy atom. The molecule has 20 heavy (non-hydrogen) atoms. The second-order valence-electron chi connectivity index (χ2n) is 4.32. The fraction of sp³-hybridized carbons (Fsp3) is 0.417. The van der Waals surface area contributed by atoms with Crippen molar-refractivity contribution in [2.45, 2.75) is 6.04 Å². The van der Waals surface area contributed by atoms with Crippen molar-refractivity contribution in [3.63, 3.8) is 0 Å². The number of nitrogen functional groups attached to an aromatic ring is 1. The van der Waals surface area contributed by atoms with E-state index in [1.54, 1.807) is 4.90 Å². The molecule has 1 aliphatic rings. The Balaban J connectivity index is 2.44. The molecule has 1 aromatic heterocycles. The van der Waals surface area contributed by atoms with Crippen LogP contribution in [0.5, 0.6) is 0 Å². The second-order valence-corrected chi connectivity index (χ2v) is 4.32. The maximum Gasteiger partial charge on any atom is 0.341 e. The van der Waals surface area contributed by atoms with Crippen molar-refractivity contribution in [2.24, 2.45) is 5.73 Å². The van der Waals surface area contributed by atoms with E-state index < -0.39 is 17.9 Å². The number of carbonyl (C=O) groups excluding carboxylic acids is 2. The average molecular weight is 280 g/mol. The highest BCUT2D eigenvalue weighted by molar-refractivity contribution is 5.97. The van der Waals surface area contributed by atoms with Gasteiger partial charge in [0.05, 0.1) is 32.2 Å². The van der Waals surface area contributed by atoms with Gasteiger partial charge in [-0.1, -0.05) is 0 Å². The standard InChI is InChI=1S/C12H16N4O4/c1-19-12(18)8-4-7(13)5-15-11(8)16-2-3-20-6-9(16)10(14)17/h4-5,9H,2-3,6,13H2,1H3,(H2,14,17). The minimum atomic E-state index is -0.678. The van der Waals surface area contributed by atoms with Crippen LogP contribution in [0.2, 0.25) is 0 Å². The van der Waals surface area contributed by atoms with Crippen LogP contribution >= 0.6 is 0 Å². The van der Waals surface area contributed by atoms with Gasteiger partial charge in [-0.15, -0.1) is 0 Å². The van der Waals surface area contributed by atoms with Gasteiger partial charge in [-0.2, -0.15) is 0 Å². The number of primary amides is 1. The molecule has 1 aromatic rings. The van der Waals surface area contributed by atoms with Crippen molar-refractivity contribution in [2.75, 3.05) is 37.5 Å². The van der Waals surface area contributed by atoms with Crippen molar-refractivity contribution in [1.29, 1.82) is 0 Å². The van der Waals surface area contributed by atoms with E-state index in [0.717, 1.165) is 0 Å². The molecular formula is C12H16N4O4. The van der Waals surface area contributed by atoms with Crippen molar-refractivity contribution in [3.05, 3.63) is 17.8 Å². The molecule has 108 valence electrons. The van der Waals surface area contributed by atoms with Gasteiger partial charge in [0.1, 0.15) is 17.4 Å². The fourth-order valence-electron chi connectivity index (χ4n) is 2.06. The fourth-order valence-corrected chi connectivity index (χ4v) is 2.06. The van der Waals surface area contributed by atoms with E-state index >= 15 is 0 Å². The molecule has 0 aliphatic carbocycles. The molecule has 0 bridgehead atoms. The van der Waals surface area contributed by atoms with E-state index in [0.29, 0.717) is 24.7 Å². The van der Waals surface area contributed by atoms with Crippen LogP contribution in [0.3, 0.4) is 0 Å². The molecule has 1 aliphatic heterocycles. The Bertz CT molecular complexity index is 534. The zero-order chi connectivity index (χ0) is 14.7. The van der Waals surface area contributed by atoms with Gasteiger partial charge in [-0.3, -0.25) is 4.79 Å². The summed E-state index contributed by atoms with van der Waals surface area (Å²) in [6.45, 7) is 0.965. The number of morpholine rings is 1. The van der Waals surface area contributed by atoms with E-state index in [9.17, 15) is 9.59 Å². The lowest BCUT2D eigenvalue weighted by atomic mass is 10.1. The molecule has 0 radical (unpaired) electrons. The van der Waals surface area contributed by atoms with Gasteiger partial charge in [0.25, 0.3) is 0 Å². The predicted molar refractivity (Wildman–Crippen MR) is 71.1 cm³/mol. The summed E-state index contributed by atoms with van der Waals surface area (Å²) in [6, 6.07) is 0.782. The van der Waals surface area contributed by atoms with Gasteiger partial charge in [-0.25, -0.2) is 9.78 Å². The van der Waals surface area contributed by atoms with Crippen molar-refractivity contribution in [1.82, 2.24) is 4.98 Å². The molecule has 2 rings (SSSR count). The summed E-state index contributed by atoms with van der Waals surface area (Å²) >= 11 is 0. The van der Waals surface area contributed by atoms with Crippen LogP contribution in [0.1, 0.15) is 10.4 Å². The summed E-state index contributed by atoms with van der Waals surface area (Å²) in [5.74, 6) is -0.799. The molecule has 8 nitrogen and oxygen atoms in total. The van der Waals surface area contributed by atoms with Crippen LogP contribution < -0.4 is 16.4 Å². The first-order valence-corrected chi connectivity index (χ1v) is 6.02. The third-order valence-electron chi connectivity index (χ3n) is 3.02. The number of carbonyl (C=O) groups is 2. The largest absolute Gasteiger partial charge is 0.465 e. The Kier molecular flexibility index (Phi) is 4.04. The molecule has 4 N–H and O–H groups in total. The molecular weight excluding hydrogens is 264 g/mol.